The number of rotatable bonds is 10. The van der Waals surface area contributed by atoms with Gasteiger partial charge in [0.25, 0.3) is 0 Å². The molecule has 0 aliphatic heterocycles. The second-order valence-electron chi connectivity index (χ2n) is 6.61. The third-order valence-electron chi connectivity index (χ3n) is 4.38. The van der Waals surface area contributed by atoms with E-state index in [1.165, 1.54) is 5.56 Å². The van der Waals surface area contributed by atoms with Gasteiger partial charge in [-0.25, -0.2) is 9.97 Å². The van der Waals surface area contributed by atoms with Crippen LogP contribution in [0.2, 0.25) is 0 Å². The average molecular weight is 456 g/mol. The Hall–Kier alpha value is -2.87. The highest BCUT2D eigenvalue weighted by Crippen LogP contribution is 2.16. The Morgan fingerprint density at radius 2 is 2.07 bits per heavy atom. The standard InChI is InChI=1S/C21H26BrN7/c22-18-7-5-17(6-8-18)15-29(20-4-1-2-10-25-20)13-3-11-26-21(23)27-12-9-19-14-24-16-28-19/h1-2,4-8,10,14,16H,3,9,11-13,15H2,(H,24,28)(H3,23,26,27). The Labute approximate surface area is 179 Å². The summed E-state index contributed by atoms with van der Waals surface area (Å²) < 4.78 is 1.08. The Morgan fingerprint density at radius 1 is 1.21 bits per heavy atom. The number of H-pyrrole nitrogens is 1. The van der Waals surface area contributed by atoms with Crippen molar-refractivity contribution in [2.45, 2.75) is 19.4 Å². The van der Waals surface area contributed by atoms with E-state index in [0.29, 0.717) is 12.5 Å². The topological polar surface area (TPSA) is 95.2 Å². The summed E-state index contributed by atoms with van der Waals surface area (Å²) in [6.45, 7) is 3.03. The van der Waals surface area contributed by atoms with Crippen molar-refractivity contribution in [3.05, 3.63) is 76.9 Å². The highest BCUT2D eigenvalue weighted by Gasteiger charge is 2.08. The minimum atomic E-state index is 0.474. The van der Waals surface area contributed by atoms with Gasteiger partial charge in [-0.2, -0.15) is 0 Å². The van der Waals surface area contributed by atoms with Gasteiger partial charge in [-0.1, -0.05) is 34.1 Å². The van der Waals surface area contributed by atoms with Gasteiger partial charge in [-0.15, -0.1) is 0 Å². The number of guanidine groups is 1. The van der Waals surface area contributed by atoms with Crippen LogP contribution in [0, 0.1) is 0 Å². The molecule has 2 heterocycles. The second kappa shape index (κ2) is 11.2. The molecule has 0 bridgehead atoms. The summed E-state index contributed by atoms with van der Waals surface area (Å²) in [4.78, 5) is 18.3. The molecule has 0 amide bonds. The van der Waals surface area contributed by atoms with E-state index >= 15 is 0 Å². The van der Waals surface area contributed by atoms with Crippen LogP contribution in [0.4, 0.5) is 5.82 Å². The van der Waals surface area contributed by atoms with Gasteiger partial charge in [0, 0.05) is 55.2 Å². The lowest BCUT2D eigenvalue weighted by atomic mass is 10.2. The van der Waals surface area contributed by atoms with E-state index in [2.05, 4.69) is 70.4 Å². The normalized spacial score (nSPS) is 11.4. The van der Waals surface area contributed by atoms with Crippen molar-refractivity contribution in [1.29, 1.82) is 0 Å². The third-order valence-corrected chi connectivity index (χ3v) is 4.91. The van der Waals surface area contributed by atoms with Crippen LogP contribution in [0.25, 0.3) is 0 Å². The number of nitrogens with zero attached hydrogens (tertiary/aromatic N) is 4. The van der Waals surface area contributed by atoms with Crippen molar-refractivity contribution < 1.29 is 0 Å². The van der Waals surface area contributed by atoms with E-state index in [9.17, 15) is 0 Å². The molecule has 0 radical (unpaired) electrons. The van der Waals surface area contributed by atoms with Gasteiger partial charge in [0.1, 0.15) is 5.82 Å². The number of aliphatic imine (C=N–C) groups is 1. The molecule has 0 atom stereocenters. The molecule has 0 aliphatic carbocycles. The van der Waals surface area contributed by atoms with E-state index in [1.807, 2.05) is 30.6 Å². The summed E-state index contributed by atoms with van der Waals surface area (Å²) in [5, 5.41) is 3.14. The van der Waals surface area contributed by atoms with Crippen molar-refractivity contribution in [2.75, 3.05) is 24.5 Å². The molecule has 0 fully saturated rings. The molecular weight excluding hydrogens is 430 g/mol. The van der Waals surface area contributed by atoms with Crippen LogP contribution in [0.5, 0.6) is 0 Å². The van der Waals surface area contributed by atoms with Crippen LogP contribution in [-0.4, -0.2) is 40.5 Å². The molecule has 8 heteroatoms. The Balaban J connectivity index is 1.48. The van der Waals surface area contributed by atoms with Crippen molar-refractivity contribution in [3.8, 4) is 0 Å². The summed E-state index contributed by atoms with van der Waals surface area (Å²) in [7, 11) is 0. The number of imidazole rings is 1. The number of nitrogens with two attached hydrogens (primary N) is 1. The van der Waals surface area contributed by atoms with Gasteiger partial charge < -0.3 is 20.9 Å². The number of aromatic amines is 1. The first-order chi connectivity index (χ1) is 14.2. The van der Waals surface area contributed by atoms with Gasteiger partial charge in [0.05, 0.1) is 6.33 Å². The lowest BCUT2D eigenvalue weighted by Gasteiger charge is -2.23. The molecule has 152 valence electrons. The Bertz CT molecular complexity index is 864. The summed E-state index contributed by atoms with van der Waals surface area (Å²) in [6.07, 6.45) is 7.03. The molecular formula is C21H26BrN7. The van der Waals surface area contributed by atoms with Gasteiger partial charge in [-0.3, -0.25) is 4.99 Å². The van der Waals surface area contributed by atoms with E-state index in [0.717, 1.165) is 48.5 Å². The average Bonchev–Trinajstić information content (AvgIpc) is 3.26. The summed E-state index contributed by atoms with van der Waals surface area (Å²) in [6, 6.07) is 14.3. The smallest absolute Gasteiger partial charge is 0.188 e. The minimum absolute atomic E-state index is 0.474. The van der Waals surface area contributed by atoms with Crippen LogP contribution in [0.1, 0.15) is 17.7 Å². The Morgan fingerprint density at radius 3 is 2.79 bits per heavy atom. The van der Waals surface area contributed by atoms with Crippen LogP contribution < -0.4 is 16.0 Å². The number of nitrogens with one attached hydrogen (secondary N) is 2. The molecule has 0 saturated carbocycles. The highest BCUT2D eigenvalue weighted by molar-refractivity contribution is 9.10. The Kier molecular flexibility index (Phi) is 8.06. The van der Waals surface area contributed by atoms with Crippen LogP contribution in [-0.2, 0) is 13.0 Å². The number of hydrogen-bond donors (Lipinski definition) is 3. The fourth-order valence-electron chi connectivity index (χ4n) is 2.89. The van der Waals surface area contributed by atoms with Crippen molar-refractivity contribution in [3.63, 3.8) is 0 Å². The summed E-state index contributed by atoms with van der Waals surface area (Å²) in [5.41, 5.74) is 8.27. The SMILES string of the molecule is NC(=NCCCN(Cc1ccc(Br)cc1)c1ccccn1)NCCc1cnc[nH]1. The predicted octanol–water partition coefficient (Wildman–Crippen LogP) is 3.11. The van der Waals surface area contributed by atoms with E-state index < -0.39 is 0 Å². The lowest BCUT2D eigenvalue weighted by Crippen LogP contribution is -2.33. The number of aromatic nitrogens is 3. The van der Waals surface area contributed by atoms with Crippen molar-refractivity contribution in [2.24, 2.45) is 10.7 Å². The molecule has 0 aliphatic rings. The predicted molar refractivity (Wildman–Crippen MR) is 121 cm³/mol. The molecule has 0 saturated heterocycles. The molecule has 2 aromatic heterocycles. The zero-order chi connectivity index (χ0) is 20.3. The molecule has 1 aromatic carbocycles. The second-order valence-corrected chi connectivity index (χ2v) is 7.53. The van der Waals surface area contributed by atoms with E-state index in [1.54, 1.807) is 6.33 Å². The molecule has 4 N–H and O–H groups in total. The first-order valence-corrected chi connectivity index (χ1v) is 10.4. The van der Waals surface area contributed by atoms with Crippen LogP contribution >= 0.6 is 15.9 Å². The van der Waals surface area contributed by atoms with E-state index in [4.69, 9.17) is 5.73 Å². The number of anilines is 1. The molecule has 0 unspecified atom stereocenters. The van der Waals surface area contributed by atoms with Gasteiger partial charge >= 0.3 is 0 Å². The lowest BCUT2D eigenvalue weighted by molar-refractivity contribution is 0.723. The maximum Gasteiger partial charge on any atom is 0.188 e. The largest absolute Gasteiger partial charge is 0.370 e. The van der Waals surface area contributed by atoms with Gasteiger partial charge in [-0.05, 0) is 36.2 Å². The molecule has 0 spiro atoms. The summed E-state index contributed by atoms with van der Waals surface area (Å²) in [5.74, 6) is 1.44. The third kappa shape index (κ3) is 7.23. The number of halogens is 1. The first kappa shape index (κ1) is 20.9. The molecule has 29 heavy (non-hydrogen) atoms. The molecule has 7 nitrogen and oxygen atoms in total. The van der Waals surface area contributed by atoms with Gasteiger partial charge in [0.2, 0.25) is 0 Å². The fourth-order valence-corrected chi connectivity index (χ4v) is 3.15. The number of hydrogen-bond acceptors (Lipinski definition) is 4. The quantitative estimate of drug-likeness (QED) is 0.248. The summed E-state index contributed by atoms with van der Waals surface area (Å²) >= 11 is 3.49. The zero-order valence-electron chi connectivity index (χ0n) is 16.3. The maximum absolute atomic E-state index is 5.96. The van der Waals surface area contributed by atoms with Crippen molar-refractivity contribution in [1.82, 2.24) is 20.3 Å². The molecule has 3 rings (SSSR count). The first-order valence-electron chi connectivity index (χ1n) is 9.62. The van der Waals surface area contributed by atoms with Crippen LogP contribution in [0.15, 0.2) is 70.7 Å². The fraction of sp³-hybridized carbons (Fsp3) is 0.286. The van der Waals surface area contributed by atoms with E-state index in [-0.39, 0.29) is 0 Å². The van der Waals surface area contributed by atoms with Crippen molar-refractivity contribution >= 4 is 27.7 Å². The maximum atomic E-state index is 5.96. The molecule has 3 aromatic rings. The number of pyridine rings is 1. The number of benzene rings is 1. The highest BCUT2D eigenvalue weighted by atomic mass is 79.9. The monoisotopic (exact) mass is 455 g/mol. The minimum Gasteiger partial charge on any atom is -0.370 e. The van der Waals surface area contributed by atoms with Crippen LogP contribution in [0.3, 0.4) is 0 Å². The van der Waals surface area contributed by atoms with Gasteiger partial charge in [0.15, 0.2) is 5.96 Å². The zero-order valence-corrected chi connectivity index (χ0v) is 17.8.